The van der Waals surface area contributed by atoms with E-state index in [9.17, 15) is 0 Å². The molecule has 0 atom stereocenters. The molecule has 14 heavy (non-hydrogen) atoms. The zero-order valence-corrected chi connectivity index (χ0v) is 8.55. The maximum atomic E-state index is 5.88. The Labute approximate surface area is 87.2 Å². The van der Waals surface area contributed by atoms with Crippen molar-refractivity contribution in [2.24, 2.45) is 0 Å². The Morgan fingerprint density at radius 2 is 1.93 bits per heavy atom. The first-order chi connectivity index (χ1) is 6.77. The van der Waals surface area contributed by atoms with Crippen molar-refractivity contribution in [2.75, 3.05) is 11.5 Å². The minimum atomic E-state index is 0.666. The molecule has 2 nitrogen and oxygen atoms in total. The third kappa shape index (κ3) is 1.72. The molecular formula is C11H12N2S. The molecule has 0 unspecified atom stereocenters. The standard InChI is InChI=1S/C11H12N2S/c12-10-5-1-3-8(11(10)13)7-9-4-2-6-14-9/h1-6H,7,12-13H2. The van der Waals surface area contributed by atoms with E-state index >= 15 is 0 Å². The van der Waals surface area contributed by atoms with E-state index in [4.69, 9.17) is 11.5 Å². The summed E-state index contributed by atoms with van der Waals surface area (Å²) in [4.78, 5) is 1.31. The Balaban J connectivity index is 2.29. The molecule has 0 aliphatic heterocycles. The molecule has 0 spiro atoms. The maximum absolute atomic E-state index is 5.88. The summed E-state index contributed by atoms with van der Waals surface area (Å²) in [6.07, 6.45) is 0.870. The second kappa shape index (κ2) is 3.72. The summed E-state index contributed by atoms with van der Waals surface area (Å²) in [6, 6.07) is 9.93. The second-order valence-corrected chi connectivity index (χ2v) is 4.21. The van der Waals surface area contributed by atoms with Crippen LogP contribution in [0.1, 0.15) is 10.4 Å². The summed E-state index contributed by atoms with van der Waals surface area (Å²) < 4.78 is 0. The molecule has 0 saturated heterocycles. The van der Waals surface area contributed by atoms with Gasteiger partial charge >= 0.3 is 0 Å². The SMILES string of the molecule is Nc1cccc(Cc2cccs2)c1N. The van der Waals surface area contributed by atoms with E-state index in [0.717, 1.165) is 12.0 Å². The molecule has 0 bridgehead atoms. The fourth-order valence-corrected chi connectivity index (χ4v) is 2.12. The molecule has 2 aromatic rings. The van der Waals surface area contributed by atoms with Crippen LogP contribution in [0.5, 0.6) is 0 Å². The number of benzene rings is 1. The zero-order valence-electron chi connectivity index (χ0n) is 7.73. The number of nitrogens with two attached hydrogens (primary N) is 2. The first-order valence-electron chi connectivity index (χ1n) is 4.42. The molecule has 1 aromatic heterocycles. The van der Waals surface area contributed by atoms with Crippen molar-refractivity contribution >= 4 is 22.7 Å². The van der Waals surface area contributed by atoms with Gasteiger partial charge in [-0.15, -0.1) is 11.3 Å². The largest absolute Gasteiger partial charge is 0.397 e. The van der Waals surface area contributed by atoms with Crippen molar-refractivity contribution in [3.05, 3.63) is 46.2 Å². The van der Waals surface area contributed by atoms with Crippen LogP contribution < -0.4 is 11.5 Å². The summed E-state index contributed by atoms with van der Waals surface area (Å²) in [5.74, 6) is 0. The molecule has 2 rings (SSSR count). The van der Waals surface area contributed by atoms with E-state index < -0.39 is 0 Å². The molecule has 0 amide bonds. The quantitative estimate of drug-likeness (QED) is 0.738. The van der Waals surface area contributed by atoms with Gasteiger partial charge in [-0.3, -0.25) is 0 Å². The van der Waals surface area contributed by atoms with Crippen LogP contribution in [0.3, 0.4) is 0 Å². The van der Waals surface area contributed by atoms with Gasteiger partial charge in [-0.25, -0.2) is 0 Å². The maximum Gasteiger partial charge on any atom is 0.0584 e. The lowest BCUT2D eigenvalue weighted by molar-refractivity contribution is 1.25. The van der Waals surface area contributed by atoms with Gasteiger partial charge in [0.05, 0.1) is 11.4 Å². The number of anilines is 2. The van der Waals surface area contributed by atoms with Gasteiger partial charge in [0.1, 0.15) is 0 Å². The Morgan fingerprint density at radius 3 is 2.64 bits per heavy atom. The Hall–Kier alpha value is -1.48. The summed E-state index contributed by atoms with van der Waals surface area (Å²) in [5, 5.41) is 2.07. The highest BCUT2D eigenvalue weighted by molar-refractivity contribution is 7.09. The average molecular weight is 204 g/mol. The van der Waals surface area contributed by atoms with E-state index in [1.54, 1.807) is 11.3 Å². The smallest absolute Gasteiger partial charge is 0.0584 e. The first kappa shape index (κ1) is 9.09. The van der Waals surface area contributed by atoms with Gasteiger partial charge in [-0.2, -0.15) is 0 Å². The van der Waals surface area contributed by atoms with Gasteiger partial charge < -0.3 is 11.5 Å². The number of hydrogen-bond donors (Lipinski definition) is 2. The molecule has 0 radical (unpaired) electrons. The fourth-order valence-electron chi connectivity index (χ4n) is 1.39. The van der Waals surface area contributed by atoms with Gasteiger partial charge in [-0.1, -0.05) is 18.2 Å². The van der Waals surface area contributed by atoms with Crippen molar-refractivity contribution < 1.29 is 0 Å². The van der Waals surface area contributed by atoms with E-state index in [0.29, 0.717) is 11.4 Å². The van der Waals surface area contributed by atoms with E-state index in [-0.39, 0.29) is 0 Å². The topological polar surface area (TPSA) is 52.0 Å². The number of hydrogen-bond acceptors (Lipinski definition) is 3. The van der Waals surface area contributed by atoms with Gasteiger partial charge in [0, 0.05) is 11.3 Å². The normalized spacial score (nSPS) is 10.3. The van der Waals surface area contributed by atoms with Crippen molar-refractivity contribution in [1.82, 2.24) is 0 Å². The van der Waals surface area contributed by atoms with Crippen molar-refractivity contribution in [3.8, 4) is 0 Å². The number of para-hydroxylation sites is 1. The van der Waals surface area contributed by atoms with Crippen LogP contribution in [0, 0.1) is 0 Å². The Morgan fingerprint density at radius 1 is 1.07 bits per heavy atom. The van der Waals surface area contributed by atoms with Crippen molar-refractivity contribution in [1.29, 1.82) is 0 Å². The number of rotatable bonds is 2. The lowest BCUT2D eigenvalue weighted by Crippen LogP contribution is -1.99. The molecule has 1 aromatic carbocycles. The predicted molar refractivity (Wildman–Crippen MR) is 62.4 cm³/mol. The molecule has 0 aliphatic carbocycles. The van der Waals surface area contributed by atoms with Crippen molar-refractivity contribution in [3.63, 3.8) is 0 Å². The zero-order chi connectivity index (χ0) is 9.97. The molecule has 0 saturated carbocycles. The highest BCUT2D eigenvalue weighted by atomic mass is 32.1. The van der Waals surface area contributed by atoms with Gasteiger partial charge in [-0.05, 0) is 23.1 Å². The molecule has 1 heterocycles. The summed E-state index contributed by atoms with van der Waals surface area (Å²) in [7, 11) is 0. The van der Waals surface area contributed by atoms with E-state index in [1.807, 2.05) is 24.3 Å². The van der Waals surface area contributed by atoms with E-state index in [1.165, 1.54) is 4.88 Å². The van der Waals surface area contributed by atoms with Crippen molar-refractivity contribution in [2.45, 2.75) is 6.42 Å². The summed E-state index contributed by atoms with van der Waals surface area (Å²) in [5.41, 5.74) is 14.1. The lowest BCUT2D eigenvalue weighted by Gasteiger charge is -2.06. The average Bonchev–Trinajstić information content (AvgIpc) is 2.66. The minimum Gasteiger partial charge on any atom is -0.397 e. The Bertz CT molecular complexity index is 421. The third-order valence-corrected chi connectivity index (χ3v) is 3.05. The van der Waals surface area contributed by atoms with E-state index in [2.05, 4.69) is 11.4 Å². The molecule has 0 aliphatic rings. The number of nitrogen functional groups attached to an aromatic ring is 2. The van der Waals surface area contributed by atoms with Crippen LogP contribution in [-0.2, 0) is 6.42 Å². The van der Waals surface area contributed by atoms with Gasteiger partial charge in [0.2, 0.25) is 0 Å². The minimum absolute atomic E-state index is 0.666. The second-order valence-electron chi connectivity index (χ2n) is 3.18. The Kier molecular flexibility index (Phi) is 2.41. The first-order valence-corrected chi connectivity index (χ1v) is 5.30. The summed E-state index contributed by atoms with van der Waals surface area (Å²) >= 11 is 1.74. The molecular weight excluding hydrogens is 192 g/mol. The molecule has 72 valence electrons. The van der Waals surface area contributed by atoms with Crippen LogP contribution in [0.4, 0.5) is 11.4 Å². The van der Waals surface area contributed by atoms with Crippen LogP contribution in [0.25, 0.3) is 0 Å². The van der Waals surface area contributed by atoms with Crippen LogP contribution >= 0.6 is 11.3 Å². The summed E-state index contributed by atoms with van der Waals surface area (Å²) in [6.45, 7) is 0. The van der Waals surface area contributed by atoms with Crippen LogP contribution in [-0.4, -0.2) is 0 Å². The monoisotopic (exact) mass is 204 g/mol. The fraction of sp³-hybridized carbons (Fsp3) is 0.0909. The van der Waals surface area contributed by atoms with Crippen LogP contribution in [0.2, 0.25) is 0 Å². The lowest BCUT2D eigenvalue weighted by atomic mass is 10.1. The molecule has 3 heteroatoms. The third-order valence-electron chi connectivity index (χ3n) is 2.17. The molecule has 4 N–H and O–H groups in total. The van der Waals surface area contributed by atoms with Gasteiger partial charge in [0.25, 0.3) is 0 Å². The molecule has 0 fully saturated rings. The highest BCUT2D eigenvalue weighted by Gasteiger charge is 2.03. The highest BCUT2D eigenvalue weighted by Crippen LogP contribution is 2.23. The predicted octanol–water partition coefficient (Wildman–Crippen LogP) is 2.50. The number of thiophene rings is 1. The van der Waals surface area contributed by atoms with Crippen LogP contribution in [0.15, 0.2) is 35.7 Å². The van der Waals surface area contributed by atoms with Gasteiger partial charge in [0.15, 0.2) is 0 Å².